The lowest BCUT2D eigenvalue weighted by Crippen LogP contribution is -2.65. The molecule has 5 aliphatic rings. The summed E-state index contributed by atoms with van der Waals surface area (Å²) in [5.41, 5.74) is -2.80. The number of likely N-dealkylation sites (tertiary alicyclic amines) is 1. The minimum atomic E-state index is -1.02. The molecule has 4 aliphatic carbocycles. The van der Waals surface area contributed by atoms with Gasteiger partial charge >= 0.3 is 11.9 Å². The van der Waals surface area contributed by atoms with Crippen molar-refractivity contribution in [1.82, 2.24) is 4.90 Å². The number of carbonyl (C=O) groups is 3. The van der Waals surface area contributed by atoms with E-state index in [1.807, 2.05) is 4.90 Å². The Kier molecular flexibility index (Phi) is 2.92. The predicted octanol–water partition coefficient (Wildman–Crippen LogP) is 1.73. The summed E-state index contributed by atoms with van der Waals surface area (Å²) in [7, 11) is 0. The largest absolute Gasteiger partial charge is 0.481 e. The Morgan fingerprint density at radius 3 is 1.70 bits per heavy atom. The Morgan fingerprint density at radius 1 is 0.783 bits per heavy atom. The number of hydrogen-bond acceptors (Lipinski definition) is 3. The highest BCUT2D eigenvalue weighted by Gasteiger charge is 2.70. The average molecular weight is 321 g/mol. The third kappa shape index (κ3) is 1.90. The molecular weight excluding hydrogens is 298 g/mol. The number of aliphatic carboxylic acids is 2. The molecule has 0 aromatic carbocycles. The van der Waals surface area contributed by atoms with Crippen molar-refractivity contribution in [2.24, 2.45) is 22.2 Å². The molecule has 2 atom stereocenters. The Hall–Kier alpha value is -1.59. The first-order valence-electron chi connectivity index (χ1n) is 8.57. The van der Waals surface area contributed by atoms with Gasteiger partial charge in [0.25, 0.3) is 0 Å². The van der Waals surface area contributed by atoms with Gasteiger partial charge in [-0.15, -0.1) is 0 Å². The molecule has 6 nitrogen and oxygen atoms in total. The summed E-state index contributed by atoms with van der Waals surface area (Å²) in [4.78, 5) is 39.0. The van der Waals surface area contributed by atoms with Gasteiger partial charge in [-0.1, -0.05) is 0 Å². The number of carboxylic acid groups (broad SMARTS) is 2. The first-order chi connectivity index (χ1) is 10.8. The topological polar surface area (TPSA) is 94.9 Å². The van der Waals surface area contributed by atoms with Crippen LogP contribution in [0.4, 0.5) is 0 Å². The molecule has 4 bridgehead atoms. The van der Waals surface area contributed by atoms with Gasteiger partial charge in [0.1, 0.15) is 0 Å². The van der Waals surface area contributed by atoms with Gasteiger partial charge in [-0.25, -0.2) is 0 Å². The van der Waals surface area contributed by atoms with E-state index in [1.54, 1.807) is 0 Å². The molecule has 6 heteroatoms. The normalized spacial score (nSPS) is 44.5. The van der Waals surface area contributed by atoms with Gasteiger partial charge in [0.05, 0.1) is 16.2 Å². The minimum absolute atomic E-state index is 0.0235. The second-order valence-electron chi connectivity index (χ2n) is 8.46. The zero-order valence-corrected chi connectivity index (χ0v) is 13.2. The van der Waals surface area contributed by atoms with Crippen molar-refractivity contribution in [3.8, 4) is 0 Å². The summed E-state index contributed by atoms with van der Waals surface area (Å²) in [6.07, 6.45) is 4.56. The van der Waals surface area contributed by atoms with Crippen molar-refractivity contribution in [3.63, 3.8) is 0 Å². The van der Waals surface area contributed by atoms with Gasteiger partial charge in [0.15, 0.2) is 0 Å². The van der Waals surface area contributed by atoms with Gasteiger partial charge in [-0.05, 0) is 57.3 Å². The van der Waals surface area contributed by atoms with E-state index in [4.69, 9.17) is 0 Å². The zero-order chi connectivity index (χ0) is 16.5. The van der Waals surface area contributed by atoms with Crippen molar-refractivity contribution in [1.29, 1.82) is 0 Å². The van der Waals surface area contributed by atoms with Crippen molar-refractivity contribution in [3.05, 3.63) is 0 Å². The third-order valence-corrected chi connectivity index (χ3v) is 6.82. The maximum absolute atomic E-state index is 13.2. The Bertz CT molecular complexity index is 564. The fourth-order valence-electron chi connectivity index (χ4n) is 6.41. The molecule has 5 fully saturated rings. The number of rotatable bonds is 3. The smallest absolute Gasteiger partial charge is 0.309 e. The lowest BCUT2D eigenvalue weighted by molar-refractivity contribution is -0.205. The summed E-state index contributed by atoms with van der Waals surface area (Å²) in [5.74, 6) is -1.75. The second kappa shape index (κ2) is 4.48. The zero-order valence-electron chi connectivity index (χ0n) is 13.2. The van der Waals surface area contributed by atoms with E-state index in [-0.39, 0.29) is 18.2 Å². The van der Waals surface area contributed by atoms with Gasteiger partial charge < -0.3 is 15.1 Å². The fraction of sp³-hybridized carbons (Fsp3) is 0.824. The van der Waals surface area contributed by atoms with Gasteiger partial charge in [-0.3, -0.25) is 14.4 Å². The number of nitrogens with zero attached hydrogens (tertiary/aromatic N) is 1. The summed E-state index contributed by atoms with van der Waals surface area (Å²) >= 11 is 0. The maximum atomic E-state index is 13.2. The SMILES string of the molecule is O=C(O)C12CC3CC(C(=O)O)(C1)CC(C(=O)N1CCCC1)(C3)C2. The molecule has 2 unspecified atom stereocenters. The summed E-state index contributed by atoms with van der Waals surface area (Å²) < 4.78 is 0. The van der Waals surface area contributed by atoms with Gasteiger partial charge in [0, 0.05) is 13.1 Å². The van der Waals surface area contributed by atoms with Gasteiger partial charge in [-0.2, -0.15) is 0 Å². The third-order valence-electron chi connectivity index (χ3n) is 6.82. The van der Waals surface area contributed by atoms with Crippen LogP contribution in [0.25, 0.3) is 0 Å². The molecule has 2 N–H and O–H groups in total. The molecule has 0 aromatic rings. The monoisotopic (exact) mass is 321 g/mol. The molecule has 5 rings (SSSR count). The predicted molar refractivity (Wildman–Crippen MR) is 79.6 cm³/mol. The van der Waals surface area contributed by atoms with Crippen LogP contribution < -0.4 is 0 Å². The van der Waals surface area contributed by atoms with E-state index >= 15 is 0 Å². The molecule has 1 amide bonds. The molecule has 126 valence electrons. The van der Waals surface area contributed by atoms with E-state index in [2.05, 4.69) is 0 Å². The summed E-state index contributed by atoms with van der Waals surface area (Å²) in [6, 6.07) is 0. The van der Waals surface area contributed by atoms with E-state index in [0.29, 0.717) is 32.1 Å². The maximum Gasteiger partial charge on any atom is 0.309 e. The lowest BCUT2D eigenvalue weighted by Gasteiger charge is -2.63. The van der Waals surface area contributed by atoms with Crippen molar-refractivity contribution < 1.29 is 24.6 Å². The van der Waals surface area contributed by atoms with Crippen molar-refractivity contribution in [2.45, 2.75) is 51.4 Å². The Morgan fingerprint density at radius 2 is 1.22 bits per heavy atom. The van der Waals surface area contributed by atoms with Crippen LogP contribution in [0.1, 0.15) is 51.4 Å². The second-order valence-corrected chi connectivity index (χ2v) is 8.46. The molecule has 23 heavy (non-hydrogen) atoms. The van der Waals surface area contributed by atoms with Crippen LogP contribution in [-0.4, -0.2) is 46.0 Å². The molecule has 0 aromatic heterocycles. The lowest BCUT2D eigenvalue weighted by atomic mass is 9.39. The van der Waals surface area contributed by atoms with Crippen molar-refractivity contribution >= 4 is 17.8 Å². The molecule has 1 aliphatic heterocycles. The number of hydrogen-bond donors (Lipinski definition) is 2. The van der Waals surface area contributed by atoms with Gasteiger partial charge in [0.2, 0.25) is 5.91 Å². The summed E-state index contributed by atoms with van der Waals surface area (Å²) in [6.45, 7) is 1.46. The number of carbonyl (C=O) groups excluding carboxylic acids is 1. The highest BCUT2D eigenvalue weighted by molar-refractivity contribution is 5.89. The molecule has 1 heterocycles. The molecule has 4 saturated carbocycles. The number of amides is 1. The molecule has 0 spiro atoms. The van der Waals surface area contributed by atoms with E-state index in [1.165, 1.54) is 0 Å². The van der Waals surface area contributed by atoms with E-state index < -0.39 is 28.2 Å². The summed E-state index contributed by atoms with van der Waals surface area (Å²) in [5, 5.41) is 19.6. The first kappa shape index (κ1) is 15.0. The van der Waals surface area contributed by atoms with Crippen LogP contribution in [0.2, 0.25) is 0 Å². The van der Waals surface area contributed by atoms with Crippen LogP contribution in [0.5, 0.6) is 0 Å². The van der Waals surface area contributed by atoms with Crippen LogP contribution >= 0.6 is 0 Å². The number of carboxylic acids is 2. The fourth-order valence-corrected chi connectivity index (χ4v) is 6.41. The quantitative estimate of drug-likeness (QED) is 0.825. The Balaban J connectivity index is 1.77. The standard InChI is InChI=1S/C17H23NO5/c19-12(18-3-1-2-4-18)15-5-11-6-16(8-15,13(20)21)10-17(7-11,9-15)14(22)23/h11H,1-10H2,(H,20,21)(H,22,23). The van der Waals surface area contributed by atoms with E-state index in [0.717, 1.165) is 25.9 Å². The average Bonchev–Trinajstić information content (AvgIpc) is 2.98. The highest BCUT2D eigenvalue weighted by atomic mass is 16.4. The highest BCUT2D eigenvalue weighted by Crippen LogP contribution is 2.70. The van der Waals surface area contributed by atoms with E-state index in [9.17, 15) is 24.6 Å². The molecule has 0 radical (unpaired) electrons. The molecule has 1 saturated heterocycles. The van der Waals surface area contributed by atoms with Crippen LogP contribution in [-0.2, 0) is 14.4 Å². The van der Waals surface area contributed by atoms with Crippen LogP contribution in [0, 0.1) is 22.2 Å². The van der Waals surface area contributed by atoms with Crippen LogP contribution in [0.3, 0.4) is 0 Å². The Labute approximate surface area is 134 Å². The molecular formula is C17H23NO5. The minimum Gasteiger partial charge on any atom is -0.481 e. The van der Waals surface area contributed by atoms with Crippen LogP contribution in [0.15, 0.2) is 0 Å². The first-order valence-corrected chi connectivity index (χ1v) is 8.57. The van der Waals surface area contributed by atoms with Crippen molar-refractivity contribution in [2.75, 3.05) is 13.1 Å².